The van der Waals surface area contributed by atoms with Gasteiger partial charge in [0.2, 0.25) is 11.8 Å². The number of rotatable bonds is 5. The summed E-state index contributed by atoms with van der Waals surface area (Å²) in [6.07, 6.45) is 10.5. The summed E-state index contributed by atoms with van der Waals surface area (Å²) in [4.78, 5) is 38.4. The number of carbonyl (C=O) groups is 2. The van der Waals surface area contributed by atoms with Crippen molar-refractivity contribution in [1.82, 2.24) is 19.8 Å². The molecule has 30 heavy (non-hydrogen) atoms. The van der Waals surface area contributed by atoms with Crippen LogP contribution in [-0.4, -0.2) is 58.8 Å². The Morgan fingerprint density at radius 3 is 2.53 bits per heavy atom. The van der Waals surface area contributed by atoms with E-state index < -0.39 is 5.41 Å². The minimum Gasteiger partial charge on any atom is -0.348 e. The lowest BCUT2D eigenvalue weighted by molar-refractivity contribution is -0.150. The van der Waals surface area contributed by atoms with Gasteiger partial charge < -0.3 is 9.80 Å². The van der Waals surface area contributed by atoms with Crippen molar-refractivity contribution in [1.29, 1.82) is 0 Å². The van der Waals surface area contributed by atoms with E-state index in [1.165, 1.54) is 6.33 Å². The monoisotopic (exact) mass is 406 g/mol. The number of benzene rings is 1. The Kier molecular flexibility index (Phi) is 5.84. The molecule has 0 unspecified atom stereocenters. The summed E-state index contributed by atoms with van der Waals surface area (Å²) in [5.74, 6) is 0.498. The van der Waals surface area contributed by atoms with Gasteiger partial charge in [-0.3, -0.25) is 9.59 Å². The summed E-state index contributed by atoms with van der Waals surface area (Å²) in [6, 6.07) is 8.15. The first-order valence-electron chi connectivity index (χ1n) is 10.8. The van der Waals surface area contributed by atoms with Crippen molar-refractivity contribution >= 4 is 11.8 Å². The summed E-state index contributed by atoms with van der Waals surface area (Å²) in [5, 5.41) is 0. The topological polar surface area (TPSA) is 66.4 Å². The maximum Gasteiger partial charge on any atom is 0.230 e. The molecule has 2 fully saturated rings. The molecule has 6 nitrogen and oxygen atoms in total. The van der Waals surface area contributed by atoms with Gasteiger partial charge in [-0.2, -0.15) is 0 Å². The van der Waals surface area contributed by atoms with Crippen molar-refractivity contribution < 1.29 is 9.59 Å². The van der Waals surface area contributed by atoms with Crippen LogP contribution in [0.2, 0.25) is 0 Å². The summed E-state index contributed by atoms with van der Waals surface area (Å²) >= 11 is 0. The van der Waals surface area contributed by atoms with E-state index in [-0.39, 0.29) is 17.7 Å². The van der Waals surface area contributed by atoms with Crippen molar-refractivity contribution in [2.24, 2.45) is 11.3 Å². The lowest BCUT2D eigenvalue weighted by atomic mass is 9.72. The quantitative estimate of drug-likeness (QED) is 0.765. The highest BCUT2D eigenvalue weighted by Crippen LogP contribution is 2.39. The maximum absolute atomic E-state index is 13.5. The summed E-state index contributed by atoms with van der Waals surface area (Å²) < 4.78 is 0. The number of aromatic nitrogens is 2. The molecule has 1 aromatic carbocycles. The molecule has 0 bridgehead atoms. The van der Waals surface area contributed by atoms with Crippen LogP contribution in [0.3, 0.4) is 0 Å². The zero-order valence-electron chi connectivity index (χ0n) is 17.9. The Morgan fingerprint density at radius 1 is 1.13 bits per heavy atom. The van der Waals surface area contributed by atoms with Crippen LogP contribution >= 0.6 is 0 Å². The summed E-state index contributed by atoms with van der Waals surface area (Å²) in [6.45, 7) is 1.25. The van der Waals surface area contributed by atoms with Gasteiger partial charge in [0.05, 0.1) is 5.41 Å². The predicted molar refractivity (Wildman–Crippen MR) is 115 cm³/mol. The summed E-state index contributed by atoms with van der Waals surface area (Å²) in [7, 11) is 3.63. The average Bonchev–Trinajstić information content (AvgIpc) is 2.73. The zero-order chi connectivity index (χ0) is 21.1. The molecule has 0 spiro atoms. The van der Waals surface area contributed by atoms with Crippen LogP contribution < -0.4 is 0 Å². The number of carbonyl (C=O) groups excluding carboxylic acids is 2. The smallest absolute Gasteiger partial charge is 0.230 e. The number of hydrogen-bond acceptors (Lipinski definition) is 4. The highest BCUT2D eigenvalue weighted by molar-refractivity contribution is 5.86. The van der Waals surface area contributed by atoms with E-state index in [1.54, 1.807) is 17.3 Å². The van der Waals surface area contributed by atoms with Gasteiger partial charge in [0, 0.05) is 51.1 Å². The lowest BCUT2D eigenvalue weighted by Gasteiger charge is -2.45. The second kappa shape index (κ2) is 8.54. The molecule has 0 N–H and O–H groups in total. The third-order valence-corrected chi connectivity index (χ3v) is 6.62. The Balaban J connectivity index is 1.67. The van der Waals surface area contributed by atoms with Gasteiger partial charge in [-0.05, 0) is 43.2 Å². The van der Waals surface area contributed by atoms with E-state index in [1.807, 2.05) is 31.1 Å². The Hall–Kier alpha value is -2.76. The Morgan fingerprint density at radius 2 is 1.87 bits per heavy atom. The van der Waals surface area contributed by atoms with E-state index in [4.69, 9.17) is 0 Å². The van der Waals surface area contributed by atoms with Gasteiger partial charge in [-0.25, -0.2) is 9.97 Å². The molecule has 2 amide bonds. The van der Waals surface area contributed by atoms with Crippen molar-refractivity contribution in [2.45, 2.75) is 38.5 Å². The molecule has 158 valence electrons. The Bertz CT molecular complexity index is 910. The van der Waals surface area contributed by atoms with E-state index >= 15 is 0 Å². The molecule has 2 aromatic rings. The maximum atomic E-state index is 13.5. The first-order chi connectivity index (χ1) is 14.5. The van der Waals surface area contributed by atoms with Crippen LogP contribution in [-0.2, 0) is 16.0 Å². The lowest BCUT2D eigenvalue weighted by Crippen LogP contribution is -2.55. The molecule has 1 aliphatic heterocycles. The highest BCUT2D eigenvalue weighted by atomic mass is 16.2. The molecular weight excluding hydrogens is 376 g/mol. The fourth-order valence-electron chi connectivity index (χ4n) is 4.86. The molecule has 2 heterocycles. The number of likely N-dealkylation sites (tertiary alicyclic amines) is 1. The van der Waals surface area contributed by atoms with E-state index in [2.05, 4.69) is 22.1 Å². The molecule has 1 atom stereocenters. The number of amides is 2. The van der Waals surface area contributed by atoms with Gasteiger partial charge in [0.15, 0.2) is 0 Å². The average molecular weight is 407 g/mol. The van der Waals surface area contributed by atoms with Crippen molar-refractivity contribution in [3.05, 3.63) is 48.5 Å². The van der Waals surface area contributed by atoms with Gasteiger partial charge in [0.25, 0.3) is 0 Å². The van der Waals surface area contributed by atoms with Crippen molar-refractivity contribution in [3.63, 3.8) is 0 Å². The van der Waals surface area contributed by atoms with Gasteiger partial charge in [-0.15, -0.1) is 0 Å². The molecule has 2 aliphatic rings. The van der Waals surface area contributed by atoms with Crippen molar-refractivity contribution in [3.8, 4) is 11.1 Å². The first-order valence-corrected chi connectivity index (χ1v) is 10.8. The van der Waals surface area contributed by atoms with Crippen LogP contribution in [0.5, 0.6) is 0 Å². The zero-order valence-corrected chi connectivity index (χ0v) is 17.9. The SMILES string of the molecule is CN(C)C(=O)[C@]1(Cc2ccccc2-c2cncnc2)CCCN(C(=O)C2CCC2)C1. The Labute approximate surface area is 178 Å². The number of piperidine rings is 1. The molecule has 1 aliphatic carbocycles. The largest absolute Gasteiger partial charge is 0.348 e. The number of hydrogen-bond donors (Lipinski definition) is 0. The van der Waals surface area contributed by atoms with Gasteiger partial charge >= 0.3 is 0 Å². The molecule has 1 aromatic heterocycles. The van der Waals surface area contributed by atoms with Crippen LogP contribution in [0.4, 0.5) is 0 Å². The minimum absolute atomic E-state index is 0.104. The predicted octanol–water partition coefficient (Wildman–Crippen LogP) is 3.18. The van der Waals surface area contributed by atoms with E-state index in [0.717, 1.165) is 55.3 Å². The second-order valence-corrected chi connectivity index (χ2v) is 8.93. The fourth-order valence-corrected chi connectivity index (χ4v) is 4.86. The van der Waals surface area contributed by atoms with Crippen LogP contribution in [0.25, 0.3) is 11.1 Å². The number of nitrogens with zero attached hydrogens (tertiary/aromatic N) is 4. The normalized spacial score (nSPS) is 21.7. The second-order valence-electron chi connectivity index (χ2n) is 8.93. The van der Waals surface area contributed by atoms with E-state index in [0.29, 0.717) is 13.0 Å². The standard InChI is InChI=1S/C24H30N4O2/c1-27(2)23(30)24(11-6-12-28(16-24)22(29)18-8-5-9-18)13-19-7-3-4-10-21(19)20-14-25-17-26-15-20/h3-4,7,10,14-15,17-18H,5-6,8-9,11-13,16H2,1-2H3/t24-/m0/s1. The van der Waals surface area contributed by atoms with Gasteiger partial charge in [-0.1, -0.05) is 30.7 Å². The fraction of sp³-hybridized carbons (Fsp3) is 0.500. The third kappa shape index (κ3) is 3.95. The molecule has 6 heteroatoms. The molecule has 0 radical (unpaired) electrons. The molecule has 1 saturated carbocycles. The minimum atomic E-state index is -0.604. The summed E-state index contributed by atoms with van der Waals surface area (Å²) in [5.41, 5.74) is 2.48. The van der Waals surface area contributed by atoms with Crippen molar-refractivity contribution in [2.75, 3.05) is 27.2 Å². The highest BCUT2D eigenvalue weighted by Gasteiger charge is 2.45. The van der Waals surface area contributed by atoms with Crippen LogP contribution in [0, 0.1) is 11.3 Å². The van der Waals surface area contributed by atoms with Gasteiger partial charge in [0.1, 0.15) is 6.33 Å². The van der Waals surface area contributed by atoms with Crippen LogP contribution in [0.15, 0.2) is 43.0 Å². The third-order valence-electron chi connectivity index (χ3n) is 6.62. The molecule has 4 rings (SSSR count). The molecular formula is C24H30N4O2. The van der Waals surface area contributed by atoms with Crippen LogP contribution in [0.1, 0.15) is 37.7 Å². The first kappa shape index (κ1) is 20.5. The van der Waals surface area contributed by atoms with E-state index in [9.17, 15) is 9.59 Å². The molecule has 1 saturated heterocycles.